The first-order valence-electron chi connectivity index (χ1n) is 11.3. The van der Waals surface area contributed by atoms with E-state index < -0.39 is 0 Å². The molecule has 5 aromatic heterocycles. The van der Waals surface area contributed by atoms with E-state index in [0.29, 0.717) is 22.9 Å². The zero-order valence-corrected chi connectivity index (χ0v) is 19.6. The molecule has 0 unspecified atom stereocenters. The minimum atomic E-state index is -0.112. The minimum Gasteiger partial charge on any atom is -0.472 e. The summed E-state index contributed by atoms with van der Waals surface area (Å²) in [4.78, 5) is 31.1. The van der Waals surface area contributed by atoms with E-state index in [-0.39, 0.29) is 12.5 Å². The van der Waals surface area contributed by atoms with Crippen LogP contribution in [-0.2, 0) is 4.79 Å². The number of carbonyl (C=O) groups excluding carboxylic acids is 1. The molecule has 10 heteroatoms. The topological polar surface area (TPSA) is 129 Å². The number of benzene rings is 1. The normalized spacial score (nSPS) is 11.5. The molecule has 3 N–H and O–H groups in total. The van der Waals surface area contributed by atoms with Crippen LogP contribution in [-0.4, -0.2) is 61.6 Å². The van der Waals surface area contributed by atoms with Gasteiger partial charge in [-0.25, -0.2) is 4.98 Å². The van der Waals surface area contributed by atoms with E-state index in [0.717, 1.165) is 38.6 Å². The first-order chi connectivity index (χ1) is 17.5. The fourth-order valence-corrected chi connectivity index (χ4v) is 4.19. The van der Waals surface area contributed by atoms with Crippen molar-refractivity contribution in [1.82, 2.24) is 35.0 Å². The largest absolute Gasteiger partial charge is 0.472 e. The number of hydrogen-bond donors (Lipinski definition) is 3. The molecule has 0 aliphatic heterocycles. The van der Waals surface area contributed by atoms with Crippen molar-refractivity contribution in [1.29, 1.82) is 0 Å². The second-order valence-electron chi connectivity index (χ2n) is 8.73. The SMILES string of the molecule is CN(C)CC(=O)Nc1cncc(-c2cc3c(-c4nc5c(-c6ccoc6)cccc5[nH]4)n[nH]c3cn2)c1. The Bertz CT molecular complexity index is 1700. The van der Waals surface area contributed by atoms with Gasteiger partial charge in [0.1, 0.15) is 5.69 Å². The van der Waals surface area contributed by atoms with Crippen LogP contribution in [0.5, 0.6) is 0 Å². The van der Waals surface area contributed by atoms with Crippen molar-refractivity contribution in [2.24, 2.45) is 0 Å². The van der Waals surface area contributed by atoms with E-state index in [4.69, 9.17) is 9.40 Å². The van der Waals surface area contributed by atoms with Crippen molar-refractivity contribution in [2.45, 2.75) is 0 Å². The molecule has 178 valence electrons. The van der Waals surface area contributed by atoms with Gasteiger partial charge in [-0.3, -0.25) is 19.9 Å². The van der Waals surface area contributed by atoms with Crippen molar-refractivity contribution < 1.29 is 9.21 Å². The van der Waals surface area contributed by atoms with E-state index in [1.165, 1.54) is 0 Å². The maximum atomic E-state index is 12.2. The highest BCUT2D eigenvalue weighted by atomic mass is 16.3. The Morgan fingerprint density at radius 3 is 2.83 bits per heavy atom. The van der Waals surface area contributed by atoms with E-state index in [2.05, 4.69) is 30.5 Å². The van der Waals surface area contributed by atoms with Gasteiger partial charge in [0, 0.05) is 28.3 Å². The van der Waals surface area contributed by atoms with Crippen molar-refractivity contribution in [3.63, 3.8) is 0 Å². The molecule has 36 heavy (non-hydrogen) atoms. The van der Waals surface area contributed by atoms with Crippen LogP contribution in [0.2, 0.25) is 0 Å². The smallest absolute Gasteiger partial charge is 0.238 e. The Morgan fingerprint density at radius 2 is 2.00 bits per heavy atom. The summed E-state index contributed by atoms with van der Waals surface area (Å²) >= 11 is 0. The molecule has 6 rings (SSSR count). The van der Waals surface area contributed by atoms with Gasteiger partial charge in [-0.05, 0) is 38.4 Å². The number of nitrogens with one attached hydrogen (secondary N) is 3. The van der Waals surface area contributed by atoms with Gasteiger partial charge in [0.2, 0.25) is 5.91 Å². The van der Waals surface area contributed by atoms with E-state index >= 15 is 0 Å². The van der Waals surface area contributed by atoms with Crippen LogP contribution in [0.4, 0.5) is 5.69 Å². The summed E-state index contributed by atoms with van der Waals surface area (Å²) in [6.07, 6.45) is 8.42. The predicted molar refractivity (Wildman–Crippen MR) is 137 cm³/mol. The average molecular weight is 479 g/mol. The van der Waals surface area contributed by atoms with Gasteiger partial charge >= 0.3 is 0 Å². The van der Waals surface area contributed by atoms with Gasteiger partial charge in [-0.2, -0.15) is 5.10 Å². The van der Waals surface area contributed by atoms with E-state index in [1.54, 1.807) is 36.0 Å². The lowest BCUT2D eigenvalue weighted by atomic mass is 10.1. The molecular formula is C26H22N8O2. The third kappa shape index (κ3) is 3.99. The fraction of sp³-hybridized carbons (Fsp3) is 0.115. The molecule has 0 aliphatic rings. The lowest BCUT2D eigenvalue weighted by molar-refractivity contribution is -0.116. The maximum Gasteiger partial charge on any atom is 0.238 e. The lowest BCUT2D eigenvalue weighted by Crippen LogP contribution is -2.27. The van der Waals surface area contributed by atoms with Crippen LogP contribution >= 0.6 is 0 Å². The number of hydrogen-bond acceptors (Lipinski definition) is 7. The number of amides is 1. The number of aromatic nitrogens is 6. The minimum absolute atomic E-state index is 0.112. The number of anilines is 1. The Hall–Kier alpha value is -4.83. The van der Waals surface area contributed by atoms with Crippen molar-refractivity contribution in [3.8, 4) is 33.9 Å². The molecule has 10 nitrogen and oxygen atoms in total. The zero-order chi connectivity index (χ0) is 24.6. The molecule has 0 bridgehead atoms. The van der Waals surface area contributed by atoms with E-state index in [9.17, 15) is 4.79 Å². The number of H-pyrrole nitrogens is 2. The summed E-state index contributed by atoms with van der Waals surface area (Å²) in [7, 11) is 3.69. The Kier molecular flexibility index (Phi) is 5.27. The molecular weight excluding hydrogens is 456 g/mol. The standard InChI is InChI=1S/C26H22N8O2/c1-34(2)13-23(35)29-17-8-16(10-27-11-17)21-9-19-22(12-28-21)32-33-25(19)26-30-20-5-3-4-18(24(20)31-26)15-6-7-36-14-15/h3-12,14H,13H2,1-2H3,(H,29,35)(H,30,31)(H,32,33). The summed E-state index contributed by atoms with van der Waals surface area (Å²) in [6.45, 7) is 0.284. The third-order valence-electron chi connectivity index (χ3n) is 5.79. The number of furan rings is 1. The zero-order valence-electron chi connectivity index (χ0n) is 19.6. The number of pyridine rings is 2. The summed E-state index contributed by atoms with van der Waals surface area (Å²) in [5.41, 5.74) is 7.24. The summed E-state index contributed by atoms with van der Waals surface area (Å²) < 4.78 is 5.26. The Labute approximate surface area is 205 Å². The molecule has 0 aliphatic carbocycles. The number of carbonyl (C=O) groups is 1. The van der Waals surface area contributed by atoms with Crippen molar-refractivity contribution in [3.05, 3.63) is 67.5 Å². The third-order valence-corrected chi connectivity index (χ3v) is 5.79. The van der Waals surface area contributed by atoms with Crippen LogP contribution < -0.4 is 5.32 Å². The van der Waals surface area contributed by atoms with Gasteiger partial charge in [-0.15, -0.1) is 0 Å². The highest BCUT2D eigenvalue weighted by Crippen LogP contribution is 2.32. The number of rotatable bonds is 6. The number of para-hydroxylation sites is 1. The molecule has 0 radical (unpaired) electrons. The fourth-order valence-electron chi connectivity index (χ4n) is 4.19. The molecule has 0 fully saturated rings. The highest BCUT2D eigenvalue weighted by Gasteiger charge is 2.17. The summed E-state index contributed by atoms with van der Waals surface area (Å²) in [6, 6.07) is 11.7. The number of likely N-dealkylation sites (N-methyl/N-ethyl adjacent to an activating group) is 1. The Morgan fingerprint density at radius 1 is 1.08 bits per heavy atom. The molecule has 0 spiro atoms. The van der Waals surface area contributed by atoms with Gasteiger partial charge in [0.15, 0.2) is 5.82 Å². The van der Waals surface area contributed by atoms with Gasteiger partial charge < -0.3 is 19.6 Å². The molecule has 5 heterocycles. The lowest BCUT2D eigenvalue weighted by Gasteiger charge is -2.10. The second-order valence-corrected chi connectivity index (χ2v) is 8.73. The Balaban J connectivity index is 1.38. The molecule has 0 atom stereocenters. The quantitative estimate of drug-likeness (QED) is 0.325. The van der Waals surface area contributed by atoms with Crippen LogP contribution in [0, 0.1) is 0 Å². The second kappa shape index (κ2) is 8.75. The van der Waals surface area contributed by atoms with E-state index in [1.807, 2.05) is 50.5 Å². The predicted octanol–water partition coefficient (Wildman–Crippen LogP) is 4.32. The summed E-state index contributed by atoms with van der Waals surface area (Å²) in [5, 5.41) is 11.3. The molecule has 1 amide bonds. The van der Waals surface area contributed by atoms with Crippen molar-refractivity contribution >= 4 is 33.5 Å². The number of imidazole rings is 1. The first-order valence-corrected chi connectivity index (χ1v) is 11.3. The van der Waals surface area contributed by atoms with Crippen LogP contribution in [0.1, 0.15) is 0 Å². The highest BCUT2D eigenvalue weighted by molar-refractivity contribution is 5.98. The number of fused-ring (bicyclic) bond motifs is 2. The van der Waals surface area contributed by atoms with Crippen LogP contribution in [0.25, 0.3) is 55.8 Å². The van der Waals surface area contributed by atoms with Gasteiger partial charge in [-0.1, -0.05) is 12.1 Å². The maximum absolute atomic E-state index is 12.2. The first kappa shape index (κ1) is 21.7. The molecule has 0 saturated heterocycles. The number of nitrogens with zero attached hydrogens (tertiary/aromatic N) is 5. The molecule has 6 aromatic rings. The molecule has 1 aromatic carbocycles. The summed E-state index contributed by atoms with van der Waals surface area (Å²) in [5.74, 6) is 0.534. The van der Waals surface area contributed by atoms with Crippen LogP contribution in [0.3, 0.4) is 0 Å². The van der Waals surface area contributed by atoms with Gasteiger partial charge in [0.25, 0.3) is 0 Å². The van der Waals surface area contributed by atoms with Crippen molar-refractivity contribution in [2.75, 3.05) is 26.0 Å². The monoisotopic (exact) mass is 478 g/mol. The number of aromatic amines is 2. The van der Waals surface area contributed by atoms with Crippen LogP contribution in [0.15, 0.2) is 71.9 Å². The molecule has 0 saturated carbocycles. The van der Waals surface area contributed by atoms with Gasteiger partial charge in [0.05, 0.1) is 59.4 Å². The average Bonchev–Trinajstić information content (AvgIpc) is 3.62.